The molecule has 0 radical (unpaired) electrons. The van der Waals surface area contributed by atoms with Gasteiger partial charge in [-0.2, -0.15) is 0 Å². The Morgan fingerprint density at radius 3 is 2.26 bits per heavy atom. The van der Waals surface area contributed by atoms with E-state index in [0.717, 1.165) is 5.56 Å². The van der Waals surface area contributed by atoms with Crippen LogP contribution in [0.4, 0.5) is 0 Å². The second kappa shape index (κ2) is 6.89. The molecule has 0 aliphatic heterocycles. The number of amides is 2. The number of hydrogen-bond acceptors (Lipinski definition) is 3. The molecule has 5 nitrogen and oxygen atoms in total. The van der Waals surface area contributed by atoms with E-state index in [-0.39, 0.29) is 11.8 Å². The van der Waals surface area contributed by atoms with E-state index in [1.54, 1.807) is 0 Å². The van der Waals surface area contributed by atoms with Crippen LogP contribution in [0.5, 0.6) is 0 Å². The topological polar surface area (TPSA) is 98.2 Å². The molecular weight excluding hydrogens is 242 g/mol. The van der Waals surface area contributed by atoms with Crippen LogP contribution in [-0.2, 0) is 16.0 Å². The van der Waals surface area contributed by atoms with Crippen molar-refractivity contribution in [2.75, 3.05) is 0 Å². The first-order valence-electron chi connectivity index (χ1n) is 6.31. The summed E-state index contributed by atoms with van der Waals surface area (Å²) in [6.07, 6.45) is 0.368. The first-order chi connectivity index (χ1) is 8.91. The number of benzene rings is 1. The summed E-state index contributed by atoms with van der Waals surface area (Å²) in [5.74, 6) is -0.909. The van der Waals surface area contributed by atoms with Crippen molar-refractivity contribution < 1.29 is 9.59 Å². The second-order valence-corrected chi connectivity index (χ2v) is 4.92. The Morgan fingerprint density at radius 2 is 1.79 bits per heavy atom. The second-order valence-electron chi connectivity index (χ2n) is 4.92. The molecule has 5 heteroatoms. The van der Waals surface area contributed by atoms with Crippen molar-refractivity contribution in [3.8, 4) is 0 Å². The minimum Gasteiger partial charge on any atom is -0.368 e. The Hall–Kier alpha value is -1.88. The number of carbonyl (C=O) groups excluding carboxylic acids is 2. The quantitative estimate of drug-likeness (QED) is 0.683. The zero-order valence-corrected chi connectivity index (χ0v) is 11.3. The van der Waals surface area contributed by atoms with Crippen molar-refractivity contribution in [2.45, 2.75) is 32.4 Å². The van der Waals surface area contributed by atoms with Gasteiger partial charge in [0.25, 0.3) is 0 Å². The number of carbonyl (C=O) groups is 2. The molecule has 0 aromatic heterocycles. The molecule has 1 aromatic carbocycles. The molecule has 5 N–H and O–H groups in total. The smallest absolute Gasteiger partial charge is 0.240 e. The fourth-order valence-electron chi connectivity index (χ4n) is 1.64. The minimum atomic E-state index is -0.736. The SMILES string of the molecule is CC(C)C(N)C(=O)NC(Cc1ccccc1)C(N)=O. The summed E-state index contributed by atoms with van der Waals surface area (Å²) in [7, 11) is 0. The van der Waals surface area contributed by atoms with E-state index in [9.17, 15) is 9.59 Å². The number of rotatable bonds is 6. The number of primary amides is 1. The highest BCUT2D eigenvalue weighted by Crippen LogP contribution is 2.04. The highest BCUT2D eigenvalue weighted by atomic mass is 16.2. The first-order valence-corrected chi connectivity index (χ1v) is 6.31. The van der Waals surface area contributed by atoms with E-state index in [1.165, 1.54) is 0 Å². The lowest BCUT2D eigenvalue weighted by atomic mass is 10.0. The monoisotopic (exact) mass is 263 g/mol. The van der Waals surface area contributed by atoms with Gasteiger partial charge in [-0.05, 0) is 11.5 Å². The van der Waals surface area contributed by atoms with Crippen LogP contribution in [0, 0.1) is 5.92 Å². The van der Waals surface area contributed by atoms with Gasteiger partial charge in [0, 0.05) is 6.42 Å². The van der Waals surface area contributed by atoms with Gasteiger partial charge in [0.2, 0.25) is 11.8 Å². The molecule has 0 saturated carbocycles. The van der Waals surface area contributed by atoms with Crippen LogP contribution in [0.15, 0.2) is 30.3 Å². The average Bonchev–Trinajstić information content (AvgIpc) is 2.37. The van der Waals surface area contributed by atoms with Crippen LogP contribution in [0.2, 0.25) is 0 Å². The lowest BCUT2D eigenvalue weighted by Gasteiger charge is -2.20. The van der Waals surface area contributed by atoms with Crippen molar-refractivity contribution in [1.29, 1.82) is 0 Å². The lowest BCUT2D eigenvalue weighted by molar-refractivity contribution is -0.128. The van der Waals surface area contributed by atoms with E-state index in [2.05, 4.69) is 5.32 Å². The van der Waals surface area contributed by atoms with Crippen LogP contribution in [-0.4, -0.2) is 23.9 Å². The summed E-state index contributed by atoms with van der Waals surface area (Å²) in [4.78, 5) is 23.2. The van der Waals surface area contributed by atoms with Crippen molar-refractivity contribution in [3.63, 3.8) is 0 Å². The summed E-state index contributed by atoms with van der Waals surface area (Å²) < 4.78 is 0. The molecule has 2 atom stereocenters. The van der Waals surface area contributed by atoms with E-state index >= 15 is 0 Å². The van der Waals surface area contributed by atoms with Gasteiger partial charge in [0.15, 0.2) is 0 Å². The Morgan fingerprint density at radius 1 is 1.21 bits per heavy atom. The number of nitrogens with two attached hydrogens (primary N) is 2. The van der Waals surface area contributed by atoms with Gasteiger partial charge in [0.1, 0.15) is 6.04 Å². The fourth-order valence-corrected chi connectivity index (χ4v) is 1.64. The highest BCUT2D eigenvalue weighted by Gasteiger charge is 2.23. The van der Waals surface area contributed by atoms with Crippen LogP contribution in [0.3, 0.4) is 0 Å². The van der Waals surface area contributed by atoms with E-state index in [1.807, 2.05) is 44.2 Å². The van der Waals surface area contributed by atoms with Crippen molar-refractivity contribution >= 4 is 11.8 Å². The zero-order valence-electron chi connectivity index (χ0n) is 11.3. The number of hydrogen-bond donors (Lipinski definition) is 3. The minimum absolute atomic E-state index is 0.00486. The lowest BCUT2D eigenvalue weighted by Crippen LogP contribution is -2.52. The van der Waals surface area contributed by atoms with Gasteiger partial charge in [0.05, 0.1) is 6.04 Å². The average molecular weight is 263 g/mol. The molecule has 0 bridgehead atoms. The van der Waals surface area contributed by atoms with Gasteiger partial charge < -0.3 is 16.8 Å². The summed E-state index contributed by atoms with van der Waals surface area (Å²) in [5, 5.41) is 2.61. The van der Waals surface area contributed by atoms with Gasteiger partial charge >= 0.3 is 0 Å². The van der Waals surface area contributed by atoms with E-state index in [4.69, 9.17) is 11.5 Å². The normalized spacial score (nSPS) is 13.9. The standard InChI is InChI=1S/C14H21N3O2/c1-9(2)12(15)14(19)17-11(13(16)18)8-10-6-4-3-5-7-10/h3-7,9,11-12H,8,15H2,1-2H3,(H2,16,18)(H,17,19). The van der Waals surface area contributed by atoms with Crippen LogP contribution in [0.25, 0.3) is 0 Å². The molecule has 2 unspecified atom stereocenters. The Labute approximate surface area is 113 Å². The molecule has 0 fully saturated rings. The third kappa shape index (κ3) is 4.71. The third-order valence-corrected chi connectivity index (χ3v) is 2.96. The molecule has 0 heterocycles. The maximum atomic E-state index is 11.8. The Bertz CT molecular complexity index is 432. The molecule has 1 aromatic rings. The Balaban J connectivity index is 2.69. The van der Waals surface area contributed by atoms with Crippen LogP contribution >= 0.6 is 0 Å². The van der Waals surface area contributed by atoms with Gasteiger partial charge in [-0.15, -0.1) is 0 Å². The maximum Gasteiger partial charge on any atom is 0.240 e. The maximum absolute atomic E-state index is 11.8. The predicted octanol–water partition coefficient (Wildman–Crippen LogP) is 0.183. The highest BCUT2D eigenvalue weighted by molar-refractivity contribution is 5.89. The summed E-state index contributed by atoms with van der Waals surface area (Å²) in [6.45, 7) is 3.70. The molecule has 0 aliphatic carbocycles. The third-order valence-electron chi connectivity index (χ3n) is 2.96. The zero-order chi connectivity index (χ0) is 14.4. The van der Waals surface area contributed by atoms with Gasteiger partial charge in [-0.25, -0.2) is 0 Å². The molecule has 2 amide bonds. The van der Waals surface area contributed by atoms with Crippen LogP contribution < -0.4 is 16.8 Å². The predicted molar refractivity (Wildman–Crippen MR) is 74.1 cm³/mol. The van der Waals surface area contributed by atoms with E-state index < -0.39 is 18.0 Å². The molecule has 19 heavy (non-hydrogen) atoms. The Kier molecular flexibility index (Phi) is 5.51. The van der Waals surface area contributed by atoms with Gasteiger partial charge in [-0.1, -0.05) is 44.2 Å². The molecule has 0 saturated heterocycles. The molecule has 104 valence electrons. The van der Waals surface area contributed by atoms with Crippen LogP contribution in [0.1, 0.15) is 19.4 Å². The van der Waals surface area contributed by atoms with Gasteiger partial charge in [-0.3, -0.25) is 9.59 Å². The summed E-state index contributed by atoms with van der Waals surface area (Å²) in [5.41, 5.74) is 12.0. The molecule has 0 spiro atoms. The van der Waals surface area contributed by atoms with E-state index in [0.29, 0.717) is 6.42 Å². The first kappa shape index (κ1) is 15.2. The molecule has 1 rings (SSSR count). The fraction of sp³-hybridized carbons (Fsp3) is 0.429. The molecule has 0 aliphatic rings. The molecular formula is C14H21N3O2. The van der Waals surface area contributed by atoms with Crippen molar-refractivity contribution in [2.24, 2.45) is 17.4 Å². The largest absolute Gasteiger partial charge is 0.368 e. The van der Waals surface area contributed by atoms with Crippen molar-refractivity contribution in [1.82, 2.24) is 5.32 Å². The summed E-state index contributed by atoms with van der Waals surface area (Å²) in [6, 6.07) is 8.01. The van der Waals surface area contributed by atoms with Crippen molar-refractivity contribution in [3.05, 3.63) is 35.9 Å². The number of nitrogens with one attached hydrogen (secondary N) is 1. The summed E-state index contributed by atoms with van der Waals surface area (Å²) >= 11 is 0.